The Kier molecular flexibility index (Phi) is 9.15. The number of amides is 1. The molecule has 210 valence electrons. The molecule has 1 saturated heterocycles. The Bertz CT molecular complexity index is 1490. The number of fused-ring (bicyclic) bond motifs is 1. The van der Waals surface area contributed by atoms with Crippen LogP contribution in [-0.2, 0) is 16.1 Å². The number of carboxylic acid groups (broad SMARTS) is 1. The standard InChI is InChI=1S/C27H27FN4O.C2HF3O2/c28-23-10-11-24-25(17-23)31-27(30-24)22-8-2-7-21(16-22)20-6-1-5-19(15-20)18-29-12-4-14-32-13-3-9-26(32)33;3-2(4,5)1(6)7/h1-2,5-8,10-11,15-17,29H,3-4,9,12-14,18H2,(H,30,31);(H,6,7). The first kappa shape index (κ1) is 28.8. The number of carbonyl (C=O) groups is 2. The molecule has 40 heavy (non-hydrogen) atoms. The van der Waals surface area contributed by atoms with Gasteiger partial charge in [-0.2, -0.15) is 13.2 Å². The summed E-state index contributed by atoms with van der Waals surface area (Å²) in [6, 6.07) is 21.3. The zero-order valence-corrected chi connectivity index (χ0v) is 21.5. The monoisotopic (exact) mass is 556 g/mol. The lowest BCUT2D eigenvalue weighted by molar-refractivity contribution is -0.192. The van der Waals surface area contributed by atoms with Crippen molar-refractivity contribution < 1.29 is 32.3 Å². The van der Waals surface area contributed by atoms with E-state index in [0.29, 0.717) is 17.8 Å². The molecule has 0 bridgehead atoms. The number of carboxylic acids is 1. The van der Waals surface area contributed by atoms with Crippen molar-refractivity contribution in [2.24, 2.45) is 0 Å². The maximum Gasteiger partial charge on any atom is 0.490 e. The molecule has 5 rings (SSSR count). The van der Waals surface area contributed by atoms with E-state index in [1.54, 1.807) is 6.07 Å². The average molecular weight is 557 g/mol. The summed E-state index contributed by atoms with van der Waals surface area (Å²) in [5, 5.41) is 10.6. The van der Waals surface area contributed by atoms with Crippen LogP contribution in [0.15, 0.2) is 66.7 Å². The van der Waals surface area contributed by atoms with Crippen LogP contribution in [0.25, 0.3) is 33.5 Å². The maximum atomic E-state index is 13.5. The number of alkyl halides is 3. The fourth-order valence-electron chi connectivity index (χ4n) is 4.39. The molecule has 1 aliphatic rings. The first-order chi connectivity index (χ1) is 19.1. The molecule has 2 heterocycles. The van der Waals surface area contributed by atoms with Crippen molar-refractivity contribution in [1.29, 1.82) is 0 Å². The zero-order chi connectivity index (χ0) is 28.7. The predicted octanol–water partition coefficient (Wildman–Crippen LogP) is 5.77. The first-order valence-electron chi connectivity index (χ1n) is 12.7. The van der Waals surface area contributed by atoms with E-state index in [2.05, 4.69) is 51.7 Å². The largest absolute Gasteiger partial charge is 0.490 e. The SMILES string of the molecule is O=C(O)C(F)(F)F.O=C1CCCN1CCCNCc1cccc(-c2cccc(-c3nc4ccc(F)cc4[nH]3)c2)c1. The lowest BCUT2D eigenvalue weighted by Crippen LogP contribution is -2.28. The molecule has 3 N–H and O–H groups in total. The number of aromatic amines is 1. The van der Waals surface area contributed by atoms with Crippen molar-refractivity contribution in [2.75, 3.05) is 19.6 Å². The third-order valence-electron chi connectivity index (χ3n) is 6.36. The second-order valence-corrected chi connectivity index (χ2v) is 9.35. The minimum atomic E-state index is -5.08. The van der Waals surface area contributed by atoms with Crippen LogP contribution >= 0.6 is 0 Å². The highest BCUT2D eigenvalue weighted by Gasteiger charge is 2.38. The summed E-state index contributed by atoms with van der Waals surface area (Å²) in [6.07, 6.45) is -2.42. The van der Waals surface area contributed by atoms with Gasteiger partial charge in [0.2, 0.25) is 5.91 Å². The van der Waals surface area contributed by atoms with Crippen molar-refractivity contribution in [2.45, 2.75) is 32.0 Å². The number of rotatable bonds is 8. The molecule has 1 aliphatic heterocycles. The van der Waals surface area contributed by atoms with Crippen LogP contribution in [0.2, 0.25) is 0 Å². The van der Waals surface area contributed by atoms with E-state index in [1.807, 2.05) is 17.0 Å². The first-order valence-corrected chi connectivity index (χ1v) is 12.7. The number of H-pyrrole nitrogens is 1. The number of nitrogens with one attached hydrogen (secondary N) is 2. The van der Waals surface area contributed by atoms with Crippen LogP contribution in [0.1, 0.15) is 24.8 Å². The number of halogens is 4. The molecule has 1 fully saturated rings. The summed E-state index contributed by atoms with van der Waals surface area (Å²) in [5.74, 6) is -2.01. The smallest absolute Gasteiger partial charge is 0.475 e. The van der Waals surface area contributed by atoms with Crippen LogP contribution in [0.3, 0.4) is 0 Å². The lowest BCUT2D eigenvalue weighted by atomic mass is 10.0. The van der Waals surface area contributed by atoms with Crippen molar-refractivity contribution >= 4 is 22.9 Å². The molecule has 7 nitrogen and oxygen atoms in total. The molecular weight excluding hydrogens is 528 g/mol. The van der Waals surface area contributed by atoms with Crippen LogP contribution in [0.4, 0.5) is 17.6 Å². The number of nitrogens with zero attached hydrogens (tertiary/aromatic N) is 2. The van der Waals surface area contributed by atoms with Crippen LogP contribution < -0.4 is 5.32 Å². The molecule has 0 atom stereocenters. The van der Waals surface area contributed by atoms with Gasteiger partial charge in [-0.15, -0.1) is 0 Å². The number of imidazole rings is 1. The van der Waals surface area contributed by atoms with Crippen molar-refractivity contribution in [3.63, 3.8) is 0 Å². The van der Waals surface area contributed by atoms with Gasteiger partial charge in [-0.1, -0.05) is 36.4 Å². The van der Waals surface area contributed by atoms with E-state index >= 15 is 0 Å². The normalized spacial score (nSPS) is 13.4. The Morgan fingerprint density at radius 2 is 1.73 bits per heavy atom. The van der Waals surface area contributed by atoms with Crippen molar-refractivity contribution in [3.05, 3.63) is 78.1 Å². The van der Waals surface area contributed by atoms with Gasteiger partial charge >= 0.3 is 12.1 Å². The Morgan fingerprint density at radius 1 is 1.02 bits per heavy atom. The van der Waals surface area contributed by atoms with Gasteiger partial charge in [0.25, 0.3) is 0 Å². The highest BCUT2D eigenvalue weighted by molar-refractivity contribution is 5.80. The Balaban J connectivity index is 0.000000470. The van der Waals surface area contributed by atoms with Crippen LogP contribution in [-0.4, -0.2) is 57.7 Å². The highest BCUT2D eigenvalue weighted by Crippen LogP contribution is 2.27. The molecule has 0 saturated carbocycles. The third kappa shape index (κ3) is 7.66. The number of carbonyl (C=O) groups excluding carboxylic acids is 1. The van der Waals surface area contributed by atoms with E-state index < -0.39 is 12.1 Å². The minimum Gasteiger partial charge on any atom is -0.475 e. The summed E-state index contributed by atoms with van der Waals surface area (Å²) in [7, 11) is 0. The third-order valence-corrected chi connectivity index (χ3v) is 6.36. The van der Waals surface area contributed by atoms with E-state index in [0.717, 1.165) is 67.1 Å². The number of aromatic nitrogens is 2. The summed E-state index contributed by atoms with van der Waals surface area (Å²) < 4.78 is 45.3. The molecule has 0 radical (unpaired) electrons. The number of likely N-dealkylation sites (tertiary alicyclic amines) is 1. The van der Waals surface area contributed by atoms with Crippen molar-refractivity contribution in [1.82, 2.24) is 20.2 Å². The molecule has 0 aliphatic carbocycles. The summed E-state index contributed by atoms with van der Waals surface area (Å²) >= 11 is 0. The fourth-order valence-corrected chi connectivity index (χ4v) is 4.39. The summed E-state index contributed by atoms with van der Waals surface area (Å²) in [6.45, 7) is 3.42. The van der Waals surface area contributed by atoms with Gasteiger partial charge in [-0.05, 0) is 66.4 Å². The molecule has 11 heteroatoms. The molecule has 0 unspecified atom stereocenters. The molecule has 4 aromatic rings. The quantitative estimate of drug-likeness (QED) is 0.189. The fraction of sp³-hybridized carbons (Fsp3) is 0.276. The Hall–Kier alpha value is -4.25. The van der Waals surface area contributed by atoms with E-state index in [4.69, 9.17) is 9.90 Å². The minimum absolute atomic E-state index is 0.276. The second-order valence-electron chi connectivity index (χ2n) is 9.35. The Labute approximate surface area is 227 Å². The molecule has 1 aromatic heterocycles. The second kappa shape index (κ2) is 12.7. The van der Waals surface area contributed by atoms with Gasteiger partial charge in [0.05, 0.1) is 11.0 Å². The molecule has 3 aromatic carbocycles. The van der Waals surface area contributed by atoms with Crippen molar-refractivity contribution in [3.8, 4) is 22.5 Å². The van der Waals surface area contributed by atoms with E-state index in [9.17, 15) is 22.4 Å². The predicted molar refractivity (Wildman–Crippen MR) is 143 cm³/mol. The van der Waals surface area contributed by atoms with Gasteiger partial charge in [0, 0.05) is 31.6 Å². The topological polar surface area (TPSA) is 98.3 Å². The number of hydrogen-bond acceptors (Lipinski definition) is 4. The van der Waals surface area contributed by atoms with Gasteiger partial charge in [0.1, 0.15) is 11.6 Å². The Morgan fingerprint density at radius 3 is 2.42 bits per heavy atom. The molecule has 1 amide bonds. The zero-order valence-electron chi connectivity index (χ0n) is 21.5. The van der Waals surface area contributed by atoms with E-state index in [1.165, 1.54) is 17.7 Å². The van der Waals surface area contributed by atoms with E-state index in [-0.39, 0.29) is 5.82 Å². The maximum absolute atomic E-state index is 13.5. The lowest BCUT2D eigenvalue weighted by Gasteiger charge is -2.15. The van der Waals surface area contributed by atoms with Gasteiger partial charge < -0.3 is 20.3 Å². The van der Waals surface area contributed by atoms with Gasteiger partial charge in [-0.3, -0.25) is 4.79 Å². The number of benzene rings is 3. The summed E-state index contributed by atoms with van der Waals surface area (Å²) in [5.41, 5.74) is 5.87. The van der Waals surface area contributed by atoms with Crippen LogP contribution in [0, 0.1) is 5.82 Å². The summed E-state index contributed by atoms with van der Waals surface area (Å²) in [4.78, 5) is 30.4. The highest BCUT2D eigenvalue weighted by atomic mass is 19.4. The average Bonchev–Trinajstić information content (AvgIpc) is 3.54. The van der Waals surface area contributed by atoms with Gasteiger partial charge in [-0.25, -0.2) is 14.2 Å². The molecular formula is C29H28F4N4O3. The number of hydrogen-bond donors (Lipinski definition) is 3. The molecule has 0 spiro atoms. The van der Waals surface area contributed by atoms with Gasteiger partial charge in [0.15, 0.2) is 0 Å². The van der Waals surface area contributed by atoms with Crippen LogP contribution in [0.5, 0.6) is 0 Å². The number of aliphatic carboxylic acids is 1.